The van der Waals surface area contributed by atoms with Gasteiger partial charge >= 0.3 is 6.09 Å². The largest absolute Gasteiger partial charge is 0.444 e. The highest BCUT2D eigenvalue weighted by Crippen LogP contribution is 2.39. The Morgan fingerprint density at radius 3 is 2.82 bits per heavy atom. The lowest BCUT2D eigenvalue weighted by Gasteiger charge is -2.30. The highest BCUT2D eigenvalue weighted by Gasteiger charge is 2.28. The van der Waals surface area contributed by atoms with Crippen molar-refractivity contribution in [3.8, 4) is 11.3 Å². The third kappa shape index (κ3) is 4.55. The van der Waals surface area contributed by atoms with E-state index < -0.39 is 5.60 Å². The first kappa shape index (κ1) is 24.3. The van der Waals surface area contributed by atoms with E-state index in [1.165, 1.54) is 27.6 Å². The zero-order valence-corrected chi connectivity index (χ0v) is 22.4. The van der Waals surface area contributed by atoms with Crippen LogP contribution in [0.2, 0.25) is 0 Å². The number of fused-ring (bicyclic) bond motifs is 4. The number of benzene rings is 2. The number of nitrogens with zero attached hydrogens (tertiary/aromatic N) is 4. The molecule has 2 aromatic heterocycles. The Labute approximate surface area is 222 Å². The SMILES string of the molecule is Cc1nnn2c1-c1ccc(C3=CCN(C(=O)OC(C)(C)C)CC3)cc1C(Nc1cccc3[nH]ccc13)CC2. The zero-order valence-electron chi connectivity index (χ0n) is 22.4. The van der Waals surface area contributed by atoms with Crippen LogP contribution in [0.3, 0.4) is 0 Å². The molecule has 0 fully saturated rings. The minimum atomic E-state index is -0.496. The van der Waals surface area contributed by atoms with Crippen molar-refractivity contribution in [2.45, 2.75) is 58.7 Å². The van der Waals surface area contributed by atoms with E-state index in [9.17, 15) is 4.79 Å². The number of carbonyl (C=O) groups excluding carboxylic acids is 1. The van der Waals surface area contributed by atoms with Gasteiger partial charge in [-0.25, -0.2) is 9.48 Å². The lowest BCUT2D eigenvalue weighted by Crippen LogP contribution is -2.39. The van der Waals surface area contributed by atoms with Gasteiger partial charge < -0.3 is 19.9 Å². The summed E-state index contributed by atoms with van der Waals surface area (Å²) in [5.74, 6) is 0. The summed E-state index contributed by atoms with van der Waals surface area (Å²) in [6, 6.07) is 15.3. The molecule has 4 aromatic rings. The van der Waals surface area contributed by atoms with Crippen molar-refractivity contribution in [3.05, 3.63) is 71.6 Å². The Balaban J connectivity index is 1.34. The molecule has 2 aromatic carbocycles. The summed E-state index contributed by atoms with van der Waals surface area (Å²) in [6.45, 7) is 9.70. The van der Waals surface area contributed by atoms with Crippen LogP contribution in [0.4, 0.5) is 10.5 Å². The van der Waals surface area contributed by atoms with E-state index in [1.807, 2.05) is 38.6 Å². The molecule has 8 heteroatoms. The van der Waals surface area contributed by atoms with Gasteiger partial charge in [-0.15, -0.1) is 5.10 Å². The minimum absolute atomic E-state index is 0.106. The maximum Gasteiger partial charge on any atom is 0.410 e. The topological polar surface area (TPSA) is 88.1 Å². The average Bonchev–Trinajstić information content (AvgIpc) is 3.48. The molecule has 2 aliphatic rings. The summed E-state index contributed by atoms with van der Waals surface area (Å²) in [5, 5.41) is 13.8. The van der Waals surface area contributed by atoms with Crippen LogP contribution in [0.15, 0.2) is 54.7 Å². The molecule has 8 nitrogen and oxygen atoms in total. The standard InChI is InChI=1S/C30H34N6O2/c1-19-28-22-9-8-21(20-11-15-35(16-12-20)29(37)38-30(2,3)4)18-24(22)27(13-17-36(28)34-33-19)32-26-7-5-6-25-23(26)10-14-31-25/h5-11,14,18,27,31-32H,12-13,15-17H2,1-4H3. The van der Waals surface area contributed by atoms with E-state index in [4.69, 9.17) is 4.74 Å². The molecule has 0 aliphatic carbocycles. The smallest absolute Gasteiger partial charge is 0.410 e. The van der Waals surface area contributed by atoms with Gasteiger partial charge in [0.05, 0.1) is 17.4 Å². The van der Waals surface area contributed by atoms with E-state index in [0.29, 0.717) is 13.1 Å². The minimum Gasteiger partial charge on any atom is -0.444 e. The molecule has 0 saturated heterocycles. The monoisotopic (exact) mass is 510 g/mol. The van der Waals surface area contributed by atoms with Gasteiger partial charge in [0.2, 0.25) is 0 Å². The quantitative estimate of drug-likeness (QED) is 0.337. The fourth-order valence-electron chi connectivity index (χ4n) is 5.54. The van der Waals surface area contributed by atoms with E-state index >= 15 is 0 Å². The van der Waals surface area contributed by atoms with Gasteiger partial charge in [0.25, 0.3) is 0 Å². The predicted molar refractivity (Wildman–Crippen MR) is 150 cm³/mol. The molecule has 4 heterocycles. The van der Waals surface area contributed by atoms with E-state index in [0.717, 1.165) is 42.0 Å². The number of amides is 1. The molecule has 1 atom stereocenters. The first-order chi connectivity index (χ1) is 18.3. The second kappa shape index (κ2) is 9.35. The Morgan fingerprint density at radius 1 is 1.16 bits per heavy atom. The third-order valence-electron chi connectivity index (χ3n) is 7.37. The molecule has 196 valence electrons. The lowest BCUT2D eigenvalue weighted by molar-refractivity contribution is 0.0270. The van der Waals surface area contributed by atoms with Crippen LogP contribution >= 0.6 is 0 Å². The molecule has 2 aliphatic heterocycles. The summed E-state index contributed by atoms with van der Waals surface area (Å²) < 4.78 is 7.60. The van der Waals surface area contributed by atoms with Gasteiger partial charge in [0.15, 0.2) is 0 Å². The summed E-state index contributed by atoms with van der Waals surface area (Å²) in [5.41, 5.74) is 8.63. The van der Waals surface area contributed by atoms with Gasteiger partial charge in [-0.3, -0.25) is 0 Å². The summed E-state index contributed by atoms with van der Waals surface area (Å²) in [4.78, 5) is 17.6. The molecule has 0 spiro atoms. The van der Waals surface area contributed by atoms with E-state index in [1.54, 1.807) is 4.90 Å². The summed E-state index contributed by atoms with van der Waals surface area (Å²) >= 11 is 0. The molecule has 6 rings (SSSR count). The third-order valence-corrected chi connectivity index (χ3v) is 7.37. The van der Waals surface area contributed by atoms with Crippen LogP contribution in [0.25, 0.3) is 27.7 Å². The van der Waals surface area contributed by atoms with Crippen molar-refractivity contribution >= 4 is 28.3 Å². The number of hydrogen-bond donors (Lipinski definition) is 2. The summed E-state index contributed by atoms with van der Waals surface area (Å²) in [6.07, 6.45) is 5.56. The van der Waals surface area contributed by atoms with Crippen LogP contribution in [0.1, 0.15) is 56.5 Å². The van der Waals surface area contributed by atoms with Gasteiger partial charge in [-0.05, 0) is 81.5 Å². The van der Waals surface area contributed by atoms with Gasteiger partial charge in [-0.1, -0.05) is 29.5 Å². The number of H-pyrrole nitrogens is 1. The normalized spacial score (nSPS) is 17.4. The first-order valence-electron chi connectivity index (χ1n) is 13.3. The van der Waals surface area contributed by atoms with Crippen LogP contribution in [-0.4, -0.2) is 49.7 Å². The van der Waals surface area contributed by atoms with Crippen LogP contribution in [0, 0.1) is 6.92 Å². The molecule has 38 heavy (non-hydrogen) atoms. The molecule has 2 N–H and O–H groups in total. The average molecular weight is 511 g/mol. The Hall–Kier alpha value is -4.07. The Kier molecular flexibility index (Phi) is 5.97. The second-order valence-corrected chi connectivity index (χ2v) is 11.2. The fourth-order valence-corrected chi connectivity index (χ4v) is 5.54. The second-order valence-electron chi connectivity index (χ2n) is 11.2. The highest BCUT2D eigenvalue weighted by atomic mass is 16.6. The maximum absolute atomic E-state index is 12.5. The number of rotatable bonds is 3. The van der Waals surface area contributed by atoms with Crippen LogP contribution in [0.5, 0.6) is 0 Å². The van der Waals surface area contributed by atoms with Gasteiger partial charge in [-0.2, -0.15) is 0 Å². The van der Waals surface area contributed by atoms with Crippen molar-refractivity contribution in [1.82, 2.24) is 24.9 Å². The summed E-state index contributed by atoms with van der Waals surface area (Å²) in [7, 11) is 0. The number of aromatic amines is 1. The number of anilines is 1. The highest BCUT2D eigenvalue weighted by molar-refractivity contribution is 5.92. The zero-order chi connectivity index (χ0) is 26.4. The number of aryl methyl sites for hydroxylation is 2. The molecule has 0 bridgehead atoms. The maximum atomic E-state index is 12.5. The molecular weight excluding hydrogens is 476 g/mol. The van der Waals surface area contributed by atoms with Gasteiger partial charge in [0, 0.05) is 48.0 Å². The van der Waals surface area contributed by atoms with E-state index in [2.05, 4.69) is 69.2 Å². The van der Waals surface area contributed by atoms with Crippen molar-refractivity contribution in [3.63, 3.8) is 0 Å². The molecule has 0 radical (unpaired) electrons. The predicted octanol–water partition coefficient (Wildman–Crippen LogP) is 6.32. The van der Waals surface area contributed by atoms with Crippen molar-refractivity contribution in [1.29, 1.82) is 0 Å². The number of aromatic nitrogens is 4. The van der Waals surface area contributed by atoms with E-state index in [-0.39, 0.29) is 12.1 Å². The molecule has 0 saturated carbocycles. The number of hydrogen-bond acceptors (Lipinski definition) is 5. The fraction of sp³-hybridized carbons (Fsp3) is 0.367. The Bertz CT molecular complexity index is 1540. The number of carbonyl (C=O) groups is 1. The molecule has 1 amide bonds. The van der Waals surface area contributed by atoms with Crippen molar-refractivity contribution in [2.24, 2.45) is 0 Å². The molecule has 1 unspecified atom stereocenters. The van der Waals surface area contributed by atoms with Gasteiger partial charge in [0.1, 0.15) is 5.60 Å². The lowest BCUT2D eigenvalue weighted by atomic mass is 9.90. The Morgan fingerprint density at radius 2 is 2.03 bits per heavy atom. The number of ether oxygens (including phenoxy) is 1. The number of nitrogens with one attached hydrogen (secondary N) is 2. The van der Waals surface area contributed by atoms with Crippen molar-refractivity contribution < 1.29 is 9.53 Å². The van der Waals surface area contributed by atoms with Crippen LogP contribution < -0.4 is 5.32 Å². The molecular formula is C30H34N6O2. The first-order valence-corrected chi connectivity index (χ1v) is 13.3. The van der Waals surface area contributed by atoms with Crippen molar-refractivity contribution in [2.75, 3.05) is 18.4 Å². The van der Waals surface area contributed by atoms with Crippen LogP contribution in [-0.2, 0) is 11.3 Å².